The number of hydrogen-bond donors (Lipinski definition) is 0. The maximum Gasteiger partial charge on any atom is 0.186 e. The summed E-state index contributed by atoms with van der Waals surface area (Å²) in [5.41, 5.74) is 2.49. The zero-order valence-corrected chi connectivity index (χ0v) is 12.0. The molecule has 4 heterocycles. The van der Waals surface area contributed by atoms with Crippen LogP contribution in [0.2, 0.25) is 5.15 Å². The van der Waals surface area contributed by atoms with Crippen LogP contribution in [0, 0.1) is 0 Å². The van der Waals surface area contributed by atoms with E-state index in [2.05, 4.69) is 25.2 Å². The molecule has 7 heteroatoms. The molecule has 0 aromatic carbocycles. The van der Waals surface area contributed by atoms with Gasteiger partial charge in [0.05, 0.1) is 5.69 Å². The Morgan fingerprint density at radius 2 is 2.00 bits per heavy atom. The Labute approximate surface area is 126 Å². The van der Waals surface area contributed by atoms with Crippen molar-refractivity contribution in [1.29, 1.82) is 0 Å². The summed E-state index contributed by atoms with van der Waals surface area (Å²) in [4.78, 5) is 6.34. The van der Waals surface area contributed by atoms with Crippen molar-refractivity contribution < 1.29 is 0 Å². The largest absolute Gasteiger partial charge is 0.369 e. The smallest absolute Gasteiger partial charge is 0.186 e. The second kappa shape index (κ2) is 4.96. The molecule has 6 nitrogen and oxygen atoms in total. The maximum atomic E-state index is 6.35. The summed E-state index contributed by atoms with van der Waals surface area (Å²) in [7, 11) is 0. The van der Waals surface area contributed by atoms with Crippen LogP contribution in [-0.4, -0.2) is 37.9 Å². The van der Waals surface area contributed by atoms with Crippen molar-refractivity contribution in [2.24, 2.45) is 0 Å². The fraction of sp³-hybridized carbons (Fsp3) is 0.286. The van der Waals surface area contributed by atoms with E-state index in [1.165, 1.54) is 12.8 Å². The highest BCUT2D eigenvalue weighted by atomic mass is 35.5. The summed E-state index contributed by atoms with van der Waals surface area (Å²) in [5, 5.41) is 13.3. The molecular formula is C14H13ClN6. The lowest BCUT2D eigenvalue weighted by atomic mass is 10.3. The monoisotopic (exact) mass is 300 g/mol. The molecule has 0 aliphatic carbocycles. The van der Waals surface area contributed by atoms with Crippen molar-refractivity contribution in [1.82, 2.24) is 24.8 Å². The molecule has 3 aromatic heterocycles. The Balaban J connectivity index is 1.84. The Kier molecular flexibility index (Phi) is 2.96. The minimum absolute atomic E-state index is 0.481. The number of fused-ring (bicyclic) bond motifs is 1. The minimum atomic E-state index is 0.481. The van der Waals surface area contributed by atoms with Gasteiger partial charge < -0.3 is 4.90 Å². The van der Waals surface area contributed by atoms with Crippen LogP contribution in [0.4, 0.5) is 5.69 Å². The minimum Gasteiger partial charge on any atom is -0.369 e. The summed E-state index contributed by atoms with van der Waals surface area (Å²) < 4.78 is 1.67. The van der Waals surface area contributed by atoms with Gasteiger partial charge in [-0.3, -0.25) is 4.98 Å². The molecule has 1 aliphatic rings. The number of hydrogen-bond acceptors (Lipinski definition) is 5. The molecule has 0 unspecified atom stereocenters. The maximum absolute atomic E-state index is 6.35. The lowest BCUT2D eigenvalue weighted by molar-refractivity contribution is 0.903. The lowest BCUT2D eigenvalue weighted by Crippen LogP contribution is -2.19. The standard InChI is InChI=1S/C14H13ClN6/c15-13-11(20-6-1-2-7-20)8-12-17-18-14(21(12)19-13)10-4-3-5-16-9-10/h3-5,8-9H,1-2,6-7H2. The summed E-state index contributed by atoms with van der Waals surface area (Å²) in [5.74, 6) is 0.646. The molecule has 0 atom stereocenters. The van der Waals surface area contributed by atoms with Gasteiger partial charge in [0, 0.05) is 37.1 Å². The van der Waals surface area contributed by atoms with Crippen LogP contribution in [0.5, 0.6) is 0 Å². The molecule has 0 radical (unpaired) electrons. The Bertz CT molecular complexity index is 779. The van der Waals surface area contributed by atoms with Gasteiger partial charge in [0.1, 0.15) is 0 Å². The zero-order valence-electron chi connectivity index (χ0n) is 11.3. The van der Waals surface area contributed by atoms with E-state index in [9.17, 15) is 0 Å². The number of aromatic nitrogens is 5. The summed E-state index contributed by atoms with van der Waals surface area (Å²) in [6.07, 6.45) is 5.84. The fourth-order valence-corrected chi connectivity index (χ4v) is 2.91. The lowest BCUT2D eigenvalue weighted by Gasteiger charge is -2.18. The molecular weight excluding hydrogens is 288 g/mol. The van der Waals surface area contributed by atoms with E-state index in [1.54, 1.807) is 16.9 Å². The van der Waals surface area contributed by atoms with Gasteiger partial charge in [0.25, 0.3) is 0 Å². The van der Waals surface area contributed by atoms with Crippen molar-refractivity contribution in [3.05, 3.63) is 35.7 Å². The molecule has 4 rings (SSSR count). The highest BCUT2D eigenvalue weighted by Gasteiger charge is 2.19. The first kappa shape index (κ1) is 12.5. The Morgan fingerprint density at radius 3 is 2.76 bits per heavy atom. The molecule has 21 heavy (non-hydrogen) atoms. The van der Waals surface area contributed by atoms with Crippen LogP contribution in [0.3, 0.4) is 0 Å². The van der Waals surface area contributed by atoms with Gasteiger partial charge in [0.2, 0.25) is 0 Å². The second-order valence-corrected chi connectivity index (χ2v) is 5.41. The first-order valence-corrected chi connectivity index (χ1v) is 7.28. The molecule has 0 spiro atoms. The average molecular weight is 301 g/mol. The molecule has 1 aliphatic heterocycles. The van der Waals surface area contributed by atoms with E-state index in [4.69, 9.17) is 11.6 Å². The average Bonchev–Trinajstić information content (AvgIpc) is 3.16. The fourth-order valence-electron chi connectivity index (χ4n) is 2.66. The molecule has 0 bridgehead atoms. The number of halogens is 1. The SMILES string of the molecule is Clc1nn2c(-c3cccnc3)nnc2cc1N1CCCC1. The van der Waals surface area contributed by atoms with E-state index < -0.39 is 0 Å². The van der Waals surface area contributed by atoms with Crippen LogP contribution in [0.25, 0.3) is 17.0 Å². The molecule has 0 N–H and O–H groups in total. The van der Waals surface area contributed by atoms with Gasteiger partial charge in [-0.05, 0) is 25.0 Å². The zero-order chi connectivity index (χ0) is 14.2. The molecule has 1 fully saturated rings. The predicted octanol–water partition coefficient (Wildman–Crippen LogP) is 2.44. The van der Waals surface area contributed by atoms with Gasteiger partial charge in [-0.25, -0.2) is 0 Å². The summed E-state index contributed by atoms with van der Waals surface area (Å²) in [6, 6.07) is 5.73. The Morgan fingerprint density at radius 1 is 1.14 bits per heavy atom. The summed E-state index contributed by atoms with van der Waals surface area (Å²) >= 11 is 6.35. The molecule has 0 amide bonds. The molecule has 3 aromatic rings. The van der Waals surface area contributed by atoms with Gasteiger partial charge >= 0.3 is 0 Å². The number of pyridine rings is 1. The van der Waals surface area contributed by atoms with Crippen molar-refractivity contribution in [2.45, 2.75) is 12.8 Å². The Hall–Kier alpha value is -2.21. The van der Waals surface area contributed by atoms with Crippen molar-refractivity contribution in [3.8, 4) is 11.4 Å². The van der Waals surface area contributed by atoms with Gasteiger partial charge in [-0.15, -0.1) is 10.2 Å². The quantitative estimate of drug-likeness (QED) is 0.727. The predicted molar refractivity (Wildman–Crippen MR) is 80.5 cm³/mol. The normalized spacial score (nSPS) is 15.0. The second-order valence-electron chi connectivity index (χ2n) is 5.05. The van der Waals surface area contributed by atoms with Crippen LogP contribution in [-0.2, 0) is 0 Å². The first-order chi connectivity index (χ1) is 10.3. The highest BCUT2D eigenvalue weighted by Crippen LogP contribution is 2.29. The third-order valence-corrected chi connectivity index (χ3v) is 3.97. The van der Waals surface area contributed by atoms with Crippen LogP contribution >= 0.6 is 11.6 Å². The van der Waals surface area contributed by atoms with Crippen LogP contribution in [0.15, 0.2) is 30.6 Å². The van der Waals surface area contributed by atoms with Crippen molar-refractivity contribution >= 4 is 22.9 Å². The number of rotatable bonds is 2. The van der Waals surface area contributed by atoms with Crippen molar-refractivity contribution in [2.75, 3.05) is 18.0 Å². The van der Waals surface area contributed by atoms with E-state index >= 15 is 0 Å². The van der Waals surface area contributed by atoms with E-state index in [-0.39, 0.29) is 0 Å². The third kappa shape index (κ3) is 2.12. The van der Waals surface area contributed by atoms with E-state index in [0.717, 1.165) is 24.3 Å². The van der Waals surface area contributed by atoms with Crippen LogP contribution < -0.4 is 4.90 Å². The van der Waals surface area contributed by atoms with Gasteiger partial charge in [0.15, 0.2) is 16.6 Å². The summed E-state index contributed by atoms with van der Waals surface area (Å²) in [6.45, 7) is 2.03. The molecule has 106 valence electrons. The van der Waals surface area contributed by atoms with E-state index in [1.807, 2.05) is 18.2 Å². The van der Waals surface area contributed by atoms with Crippen LogP contribution in [0.1, 0.15) is 12.8 Å². The van der Waals surface area contributed by atoms with Gasteiger partial charge in [-0.2, -0.15) is 9.61 Å². The third-order valence-electron chi connectivity index (χ3n) is 3.70. The molecule has 0 saturated carbocycles. The number of anilines is 1. The first-order valence-electron chi connectivity index (χ1n) is 6.90. The van der Waals surface area contributed by atoms with Crippen molar-refractivity contribution in [3.63, 3.8) is 0 Å². The highest BCUT2D eigenvalue weighted by molar-refractivity contribution is 6.32. The van der Waals surface area contributed by atoms with E-state index in [0.29, 0.717) is 16.6 Å². The number of nitrogens with zero attached hydrogens (tertiary/aromatic N) is 6. The topological polar surface area (TPSA) is 59.2 Å². The van der Waals surface area contributed by atoms with Gasteiger partial charge in [-0.1, -0.05) is 11.6 Å². The molecule has 1 saturated heterocycles.